The standard InChI is InChI=1S/C21H34O2Si/c1-5-9-14-22-19-15-18-16-12-10-11-13-17(16)21(20(19)23-18)24(6-2,7-3)8-4/h10-13,18-21H,5-9,14-15H2,1-4H3/t18-,19-,20+,21-/m0/s1. The van der Waals surface area contributed by atoms with E-state index in [0.29, 0.717) is 5.54 Å². The van der Waals surface area contributed by atoms with Crippen LogP contribution in [0.2, 0.25) is 18.1 Å². The number of hydrogen-bond acceptors (Lipinski definition) is 2. The molecular weight excluding hydrogens is 312 g/mol. The van der Waals surface area contributed by atoms with Crippen LogP contribution < -0.4 is 0 Å². The average Bonchev–Trinajstić information content (AvgIpc) is 2.98. The molecule has 134 valence electrons. The second-order valence-corrected chi connectivity index (χ2v) is 13.1. The summed E-state index contributed by atoms with van der Waals surface area (Å²) < 4.78 is 12.9. The number of unbranched alkanes of at least 4 members (excludes halogenated alkanes) is 1. The lowest BCUT2D eigenvalue weighted by Gasteiger charge is -2.45. The van der Waals surface area contributed by atoms with Gasteiger partial charge >= 0.3 is 0 Å². The Labute approximate surface area is 149 Å². The summed E-state index contributed by atoms with van der Waals surface area (Å²) in [7, 11) is -1.42. The summed E-state index contributed by atoms with van der Waals surface area (Å²) in [5.41, 5.74) is 3.64. The molecule has 2 bridgehead atoms. The third-order valence-corrected chi connectivity index (χ3v) is 12.9. The van der Waals surface area contributed by atoms with E-state index in [1.54, 1.807) is 5.56 Å². The quantitative estimate of drug-likeness (QED) is 0.434. The SMILES string of the molecule is CCCCO[C@H]1C[C@@H]2O[C@H]1[C@@H]([Si](CC)(CC)CC)c1ccccc12. The van der Waals surface area contributed by atoms with Gasteiger partial charge in [-0.3, -0.25) is 0 Å². The minimum Gasteiger partial charge on any atom is -0.375 e. The van der Waals surface area contributed by atoms with Gasteiger partial charge in [0.05, 0.1) is 26.4 Å². The zero-order valence-electron chi connectivity index (χ0n) is 15.9. The number of benzene rings is 1. The van der Waals surface area contributed by atoms with Gasteiger partial charge in [-0.1, -0.05) is 76.5 Å². The maximum Gasteiger partial charge on any atom is 0.0890 e. The Hall–Kier alpha value is -0.643. The van der Waals surface area contributed by atoms with E-state index in [1.807, 2.05) is 0 Å². The van der Waals surface area contributed by atoms with Gasteiger partial charge in [-0.15, -0.1) is 0 Å². The molecule has 1 aromatic carbocycles. The lowest BCUT2D eigenvalue weighted by molar-refractivity contribution is -0.0341. The van der Waals surface area contributed by atoms with Crippen molar-refractivity contribution in [3.63, 3.8) is 0 Å². The largest absolute Gasteiger partial charge is 0.375 e. The van der Waals surface area contributed by atoms with Gasteiger partial charge in [0.2, 0.25) is 0 Å². The van der Waals surface area contributed by atoms with Crippen molar-refractivity contribution < 1.29 is 9.47 Å². The molecule has 1 aromatic rings. The van der Waals surface area contributed by atoms with Crippen LogP contribution >= 0.6 is 0 Å². The van der Waals surface area contributed by atoms with Gasteiger partial charge < -0.3 is 9.47 Å². The van der Waals surface area contributed by atoms with Crippen molar-refractivity contribution in [3.05, 3.63) is 35.4 Å². The predicted octanol–water partition coefficient (Wildman–Crippen LogP) is 5.85. The molecule has 4 atom stereocenters. The first kappa shape index (κ1) is 18.2. The summed E-state index contributed by atoms with van der Waals surface area (Å²) in [6.07, 6.45) is 4.23. The third-order valence-electron chi connectivity index (χ3n) is 6.74. The zero-order valence-corrected chi connectivity index (χ0v) is 16.9. The van der Waals surface area contributed by atoms with E-state index in [9.17, 15) is 0 Å². The van der Waals surface area contributed by atoms with E-state index >= 15 is 0 Å². The Bertz CT molecular complexity index is 532. The van der Waals surface area contributed by atoms with Crippen molar-refractivity contribution >= 4 is 8.07 Å². The van der Waals surface area contributed by atoms with Crippen LogP contribution in [0.1, 0.15) is 69.7 Å². The minimum absolute atomic E-state index is 0.256. The molecule has 24 heavy (non-hydrogen) atoms. The number of hydrogen-bond donors (Lipinski definition) is 0. The predicted molar refractivity (Wildman–Crippen MR) is 103 cm³/mol. The van der Waals surface area contributed by atoms with Crippen molar-refractivity contribution in [2.75, 3.05) is 6.61 Å². The summed E-state index contributed by atoms with van der Waals surface area (Å²) in [5.74, 6) is 0. The average molecular weight is 347 g/mol. The van der Waals surface area contributed by atoms with Crippen LogP contribution in [0.5, 0.6) is 0 Å². The van der Waals surface area contributed by atoms with Gasteiger partial charge in [-0.25, -0.2) is 0 Å². The van der Waals surface area contributed by atoms with E-state index < -0.39 is 8.07 Å². The molecule has 0 saturated carbocycles. The van der Waals surface area contributed by atoms with Crippen molar-refractivity contribution in [1.29, 1.82) is 0 Å². The molecule has 0 spiro atoms. The molecule has 2 nitrogen and oxygen atoms in total. The Morgan fingerprint density at radius 3 is 2.33 bits per heavy atom. The van der Waals surface area contributed by atoms with Gasteiger partial charge in [-0.05, 0) is 17.5 Å². The molecule has 0 aliphatic carbocycles. The van der Waals surface area contributed by atoms with Gasteiger partial charge in [0.15, 0.2) is 0 Å². The van der Waals surface area contributed by atoms with Gasteiger partial charge in [0.25, 0.3) is 0 Å². The molecule has 2 heterocycles. The summed E-state index contributed by atoms with van der Waals surface area (Å²) in [6.45, 7) is 10.4. The zero-order chi connectivity index (χ0) is 17.2. The van der Waals surface area contributed by atoms with Crippen LogP contribution in [-0.2, 0) is 9.47 Å². The Kier molecular flexibility index (Phi) is 5.84. The lowest BCUT2D eigenvalue weighted by atomic mass is 9.98. The summed E-state index contributed by atoms with van der Waals surface area (Å²) in [4.78, 5) is 0. The number of ether oxygens (including phenoxy) is 2. The second-order valence-electron chi connectivity index (χ2n) is 7.62. The van der Waals surface area contributed by atoms with Crippen LogP contribution in [0.15, 0.2) is 24.3 Å². The number of fused-ring (bicyclic) bond motifs is 4. The van der Waals surface area contributed by atoms with Crippen molar-refractivity contribution in [1.82, 2.24) is 0 Å². The van der Waals surface area contributed by atoms with Crippen LogP contribution in [0, 0.1) is 0 Å². The van der Waals surface area contributed by atoms with E-state index in [0.717, 1.165) is 19.4 Å². The Morgan fingerprint density at radius 1 is 1.04 bits per heavy atom. The molecule has 0 aromatic heterocycles. The first-order valence-corrected chi connectivity index (χ1v) is 12.8. The highest BCUT2D eigenvalue weighted by molar-refractivity contribution is 6.81. The molecule has 1 saturated heterocycles. The molecule has 0 amide bonds. The van der Waals surface area contributed by atoms with Gasteiger partial charge in [0.1, 0.15) is 0 Å². The first-order valence-electron chi connectivity index (χ1n) is 10.1. The molecule has 0 unspecified atom stereocenters. The van der Waals surface area contributed by atoms with E-state index in [-0.39, 0.29) is 18.3 Å². The van der Waals surface area contributed by atoms with E-state index in [4.69, 9.17) is 9.47 Å². The smallest absolute Gasteiger partial charge is 0.0890 e. The monoisotopic (exact) mass is 346 g/mol. The topological polar surface area (TPSA) is 18.5 Å². The second kappa shape index (κ2) is 7.71. The van der Waals surface area contributed by atoms with Crippen molar-refractivity contribution in [3.8, 4) is 0 Å². The minimum atomic E-state index is -1.42. The molecule has 0 N–H and O–H groups in total. The third kappa shape index (κ3) is 3.00. The molecule has 2 aliphatic heterocycles. The summed E-state index contributed by atoms with van der Waals surface area (Å²) in [5, 5.41) is 0. The molecule has 0 radical (unpaired) electrons. The van der Waals surface area contributed by atoms with Crippen LogP contribution in [-0.4, -0.2) is 26.9 Å². The fraction of sp³-hybridized carbons (Fsp3) is 0.714. The number of rotatable bonds is 8. The van der Waals surface area contributed by atoms with E-state index in [2.05, 4.69) is 52.0 Å². The molecule has 3 rings (SSSR count). The highest BCUT2D eigenvalue weighted by Crippen LogP contribution is 2.53. The van der Waals surface area contributed by atoms with Gasteiger partial charge in [-0.2, -0.15) is 0 Å². The lowest BCUT2D eigenvalue weighted by Crippen LogP contribution is -2.50. The summed E-state index contributed by atoms with van der Waals surface area (Å²) >= 11 is 0. The van der Waals surface area contributed by atoms with Crippen LogP contribution in [0.3, 0.4) is 0 Å². The van der Waals surface area contributed by atoms with Crippen molar-refractivity contribution in [2.24, 2.45) is 0 Å². The maximum absolute atomic E-state index is 6.60. The fourth-order valence-electron chi connectivity index (χ4n) is 5.07. The van der Waals surface area contributed by atoms with Crippen LogP contribution in [0.4, 0.5) is 0 Å². The van der Waals surface area contributed by atoms with Crippen molar-refractivity contribution in [2.45, 2.75) is 88.9 Å². The van der Waals surface area contributed by atoms with E-state index in [1.165, 1.54) is 30.1 Å². The Morgan fingerprint density at radius 2 is 1.71 bits per heavy atom. The first-order chi connectivity index (χ1) is 11.7. The molecule has 2 aliphatic rings. The molecule has 1 fully saturated rings. The molecular formula is C21H34O2Si. The maximum atomic E-state index is 6.60. The Balaban J connectivity index is 1.97. The fourth-order valence-corrected chi connectivity index (χ4v) is 9.80. The highest BCUT2D eigenvalue weighted by Gasteiger charge is 2.53. The highest BCUT2D eigenvalue weighted by atomic mass is 28.3. The normalized spacial score (nSPS) is 28.8. The summed E-state index contributed by atoms with van der Waals surface area (Å²) in [6, 6.07) is 13.1. The van der Waals surface area contributed by atoms with Crippen LogP contribution in [0.25, 0.3) is 0 Å². The molecule has 3 heteroatoms. The van der Waals surface area contributed by atoms with Gasteiger partial charge in [0, 0.05) is 18.6 Å².